The number of aliphatic hydroxyl groups is 1. The summed E-state index contributed by atoms with van der Waals surface area (Å²) in [6, 6.07) is 8.10. The number of carbonyl (C=O) groups excluding carboxylic acids is 1. The zero-order valence-corrected chi connectivity index (χ0v) is 25.8. The number of ether oxygens (including phenoxy) is 2. The number of halogens is 4. The Bertz CT molecular complexity index is 840. The minimum absolute atomic E-state index is 0. The van der Waals surface area contributed by atoms with Gasteiger partial charge in [0.15, 0.2) is 0 Å². The molecule has 0 aliphatic carbocycles. The number of hydrogen-bond acceptors (Lipinski definition) is 4. The van der Waals surface area contributed by atoms with E-state index >= 15 is 0 Å². The molecule has 0 aliphatic rings. The summed E-state index contributed by atoms with van der Waals surface area (Å²) in [6.07, 6.45) is 6.20. The van der Waals surface area contributed by atoms with Gasteiger partial charge in [-0.1, -0.05) is 0 Å². The van der Waals surface area contributed by atoms with Crippen molar-refractivity contribution < 1.29 is 40.4 Å². The number of rotatable bonds is 9. The second-order valence-electron chi connectivity index (χ2n) is 6.03. The third-order valence-electron chi connectivity index (χ3n) is 3.69. The first-order valence-electron chi connectivity index (χ1n) is 8.76. The van der Waals surface area contributed by atoms with Gasteiger partial charge in [0.05, 0.1) is 30.6 Å². The molecule has 2 aromatic carbocycles. The molecule has 0 amide bonds. The number of benzene rings is 2. The van der Waals surface area contributed by atoms with Crippen LogP contribution in [0.1, 0.15) is 24.0 Å². The number of aliphatic hydroxyl groups excluding tert-OH is 1. The predicted octanol–water partition coefficient (Wildman–Crippen LogP) is 6.51. The Morgan fingerprint density at radius 1 is 0.968 bits per heavy atom. The van der Waals surface area contributed by atoms with E-state index in [1.54, 1.807) is 0 Å². The van der Waals surface area contributed by atoms with Crippen LogP contribution < -0.4 is 9.47 Å². The fraction of sp³-hybridized carbons (Fsp3) is 0.273. The topological polar surface area (TPSA) is 55.8 Å². The summed E-state index contributed by atoms with van der Waals surface area (Å²) in [4.78, 5) is 8.00. The Morgan fingerprint density at radius 3 is 1.77 bits per heavy atom. The maximum atomic E-state index is 9.75. The first-order valence-corrected chi connectivity index (χ1v) is 11.9. The molecule has 0 saturated heterocycles. The molecule has 9 heteroatoms. The van der Waals surface area contributed by atoms with Crippen LogP contribution in [0.2, 0.25) is 0 Å². The van der Waals surface area contributed by atoms with E-state index in [1.165, 1.54) is 0 Å². The molecule has 0 aromatic heterocycles. The second-order valence-corrected chi connectivity index (χ2v) is 9.45. The largest absolute Gasteiger partial charge is 0.494 e. The summed E-state index contributed by atoms with van der Waals surface area (Å²) in [7, 11) is 0. The van der Waals surface area contributed by atoms with Crippen LogP contribution in [0, 0.1) is 19.3 Å². The molecule has 0 aliphatic heterocycles. The molecule has 0 saturated carbocycles. The fourth-order valence-corrected chi connectivity index (χ4v) is 5.51. The first kappa shape index (κ1) is 30.8. The molecule has 4 nitrogen and oxygen atoms in total. The van der Waals surface area contributed by atoms with Gasteiger partial charge in [0, 0.05) is 27.5 Å². The number of hydrogen-bond donors (Lipinski definition) is 1. The van der Waals surface area contributed by atoms with Gasteiger partial charge < -0.3 is 26.3 Å². The smallest absolute Gasteiger partial charge is 0.147 e. The van der Waals surface area contributed by atoms with E-state index < -0.39 is 6.10 Å². The molecule has 31 heavy (non-hydrogen) atoms. The maximum Gasteiger partial charge on any atom is 0.147 e. The zero-order valence-electron chi connectivity index (χ0n) is 16.5. The van der Waals surface area contributed by atoms with Gasteiger partial charge in [-0.3, -0.25) is 0 Å². The van der Waals surface area contributed by atoms with Gasteiger partial charge in [0.2, 0.25) is 0 Å². The van der Waals surface area contributed by atoms with Crippen LogP contribution in [0.3, 0.4) is 0 Å². The van der Waals surface area contributed by atoms with Crippen LogP contribution in [0.15, 0.2) is 42.2 Å². The van der Waals surface area contributed by atoms with Gasteiger partial charge in [-0.05, 0) is 106 Å². The molecule has 168 valence electrons. The van der Waals surface area contributed by atoms with Crippen molar-refractivity contribution in [2.75, 3.05) is 13.2 Å². The van der Waals surface area contributed by atoms with Gasteiger partial charge in [-0.25, -0.2) is 0 Å². The van der Waals surface area contributed by atoms with Crippen LogP contribution in [0.5, 0.6) is 11.5 Å². The third-order valence-corrected chi connectivity index (χ3v) is 6.04. The van der Waals surface area contributed by atoms with Crippen molar-refractivity contribution in [3.63, 3.8) is 0 Å². The van der Waals surface area contributed by atoms with E-state index in [2.05, 4.69) is 76.6 Å². The van der Waals surface area contributed by atoms with Gasteiger partial charge in [0.1, 0.15) is 24.9 Å². The molecule has 2 rings (SSSR count). The zero-order chi connectivity index (χ0) is 22.7. The molecule has 0 spiro atoms. The van der Waals surface area contributed by atoms with Crippen molar-refractivity contribution >= 4 is 70.5 Å². The van der Waals surface area contributed by atoms with Gasteiger partial charge >= 0.3 is 0 Å². The molecule has 0 radical (unpaired) electrons. The van der Waals surface area contributed by atoms with E-state index in [0.29, 0.717) is 18.8 Å². The Kier molecular flexibility index (Phi) is 16.4. The summed E-state index contributed by atoms with van der Waals surface area (Å²) >= 11 is 14.3. The molecular weight excluding hydrogens is 832 g/mol. The van der Waals surface area contributed by atoms with Gasteiger partial charge in [0.25, 0.3) is 0 Å². The monoisotopic (exact) mass is 849 g/mol. The van der Waals surface area contributed by atoms with Crippen LogP contribution in [0.25, 0.3) is 0 Å². The molecule has 2 aromatic rings. The third kappa shape index (κ3) is 10.1. The Balaban J connectivity index is 0.00000291. The van der Waals surface area contributed by atoms with E-state index in [9.17, 15) is 5.11 Å². The molecule has 1 atom stereocenters. The molecule has 0 bridgehead atoms. The van der Waals surface area contributed by atoms with Crippen LogP contribution in [-0.4, -0.2) is 31.2 Å². The van der Waals surface area contributed by atoms with Crippen molar-refractivity contribution in [2.24, 2.45) is 0 Å². The van der Waals surface area contributed by atoms with Gasteiger partial charge in [-0.2, -0.15) is 0 Å². The van der Waals surface area contributed by atoms with Crippen LogP contribution >= 0.6 is 63.7 Å². The van der Waals surface area contributed by atoms with Crippen molar-refractivity contribution in [3.8, 4) is 23.8 Å². The molecule has 0 fully saturated rings. The SMILES string of the molecule is C#CCC(O)COc1c(Br)cc(Cc2cc(Br)c(OCC[CH2-])c(Br)c2)cc1Br.C=O.[W]. The Labute approximate surface area is 231 Å². The normalized spacial score (nSPS) is 10.7. The maximum absolute atomic E-state index is 9.75. The summed E-state index contributed by atoms with van der Waals surface area (Å²) in [5.41, 5.74) is 2.22. The fourth-order valence-electron chi connectivity index (χ4n) is 2.49. The van der Waals surface area contributed by atoms with Crippen molar-refractivity contribution in [1.29, 1.82) is 0 Å². The summed E-state index contributed by atoms with van der Waals surface area (Å²) < 4.78 is 14.8. The van der Waals surface area contributed by atoms with Gasteiger partial charge in [-0.15, -0.1) is 18.8 Å². The molecular formula is C22H21Br4O4W-. The first-order chi connectivity index (χ1) is 14.3. The Morgan fingerprint density at radius 2 is 1.39 bits per heavy atom. The van der Waals surface area contributed by atoms with E-state index in [0.717, 1.165) is 41.2 Å². The second kappa shape index (κ2) is 16.5. The number of terminal acetylenes is 1. The molecule has 0 heterocycles. The number of carbonyl (C=O) groups is 1. The predicted molar refractivity (Wildman–Crippen MR) is 134 cm³/mol. The van der Waals surface area contributed by atoms with E-state index in [-0.39, 0.29) is 34.1 Å². The van der Waals surface area contributed by atoms with Crippen molar-refractivity contribution in [3.05, 3.63) is 60.2 Å². The Hall–Kier alpha value is -0.162. The molecule has 1 unspecified atom stereocenters. The minimum atomic E-state index is -0.692. The van der Waals surface area contributed by atoms with Crippen molar-refractivity contribution in [1.82, 2.24) is 0 Å². The summed E-state index contributed by atoms with van der Waals surface area (Å²) in [6.45, 7) is 6.49. The summed E-state index contributed by atoms with van der Waals surface area (Å²) in [5, 5.41) is 9.75. The standard InChI is InChI=1S/C21H19Br4O3.CH2O.W/c1-3-5-15(26)12-28-21-18(24)10-14(11-19(21)25)7-13-8-16(22)20(17(23)9-13)27-6-4-2;1-2;/h1,8-11,15,26H,2,4-7,12H2;1H2;/q-1;;. The average Bonchev–Trinajstić information content (AvgIpc) is 2.68. The quantitative estimate of drug-likeness (QED) is 0.231. The van der Waals surface area contributed by atoms with Crippen LogP contribution in [0.4, 0.5) is 0 Å². The van der Waals surface area contributed by atoms with Crippen molar-refractivity contribution in [2.45, 2.75) is 25.4 Å². The van der Waals surface area contributed by atoms with E-state index in [1.807, 2.05) is 31.1 Å². The van der Waals surface area contributed by atoms with Crippen LogP contribution in [-0.2, 0) is 32.3 Å². The minimum Gasteiger partial charge on any atom is -0.494 e. The van der Waals surface area contributed by atoms with E-state index in [4.69, 9.17) is 20.7 Å². The average molecular weight is 853 g/mol. The summed E-state index contributed by atoms with van der Waals surface area (Å²) in [5.74, 6) is 3.84. The molecule has 1 N–H and O–H groups in total.